The standard InChI is InChI=1S/C11H17N3O4S/c1-6(2)8-9(19-14-13-8)10(15)12-7(11(16)17)4-5-18-3/h6-7H,4-5H2,1-3H3,(H,12,15)(H,16,17). The van der Waals surface area contributed by atoms with Gasteiger partial charge in [-0.3, -0.25) is 4.79 Å². The number of hydrogen-bond donors (Lipinski definition) is 2. The summed E-state index contributed by atoms with van der Waals surface area (Å²) < 4.78 is 8.56. The molecule has 19 heavy (non-hydrogen) atoms. The number of carboxylic acids is 1. The minimum atomic E-state index is -1.09. The van der Waals surface area contributed by atoms with E-state index >= 15 is 0 Å². The van der Waals surface area contributed by atoms with Crippen molar-refractivity contribution in [1.29, 1.82) is 0 Å². The highest BCUT2D eigenvalue weighted by Gasteiger charge is 2.24. The van der Waals surface area contributed by atoms with Gasteiger partial charge in [0.2, 0.25) is 0 Å². The second-order valence-electron chi connectivity index (χ2n) is 4.29. The van der Waals surface area contributed by atoms with Crippen LogP contribution in [0.25, 0.3) is 0 Å². The average molecular weight is 287 g/mol. The van der Waals surface area contributed by atoms with Crippen molar-refractivity contribution in [2.24, 2.45) is 0 Å². The lowest BCUT2D eigenvalue weighted by atomic mass is 10.1. The molecule has 1 heterocycles. The van der Waals surface area contributed by atoms with Crippen molar-refractivity contribution in [2.75, 3.05) is 13.7 Å². The molecule has 1 amide bonds. The summed E-state index contributed by atoms with van der Waals surface area (Å²) in [6.07, 6.45) is 0.209. The fourth-order valence-corrected chi connectivity index (χ4v) is 2.17. The molecule has 1 atom stereocenters. The first-order valence-electron chi connectivity index (χ1n) is 5.82. The van der Waals surface area contributed by atoms with Crippen molar-refractivity contribution in [1.82, 2.24) is 14.9 Å². The van der Waals surface area contributed by atoms with Crippen molar-refractivity contribution in [3.8, 4) is 0 Å². The van der Waals surface area contributed by atoms with Gasteiger partial charge in [0, 0.05) is 20.1 Å². The zero-order valence-corrected chi connectivity index (χ0v) is 11.9. The molecule has 8 heteroatoms. The minimum Gasteiger partial charge on any atom is -0.480 e. The molecule has 0 fully saturated rings. The molecule has 0 bridgehead atoms. The summed E-state index contributed by atoms with van der Waals surface area (Å²) in [5.74, 6) is -1.49. The van der Waals surface area contributed by atoms with Gasteiger partial charge in [0.25, 0.3) is 5.91 Å². The van der Waals surface area contributed by atoms with Crippen LogP contribution in [0, 0.1) is 0 Å². The molecule has 1 aromatic heterocycles. The molecule has 7 nitrogen and oxygen atoms in total. The summed E-state index contributed by atoms with van der Waals surface area (Å²) in [5.41, 5.74) is 0.582. The maximum Gasteiger partial charge on any atom is 0.326 e. The van der Waals surface area contributed by atoms with Crippen LogP contribution >= 0.6 is 11.5 Å². The molecule has 1 rings (SSSR count). The number of carbonyl (C=O) groups excluding carboxylic acids is 1. The Hall–Kier alpha value is -1.54. The van der Waals surface area contributed by atoms with Gasteiger partial charge in [0.15, 0.2) is 0 Å². The zero-order chi connectivity index (χ0) is 14.4. The van der Waals surface area contributed by atoms with E-state index in [2.05, 4.69) is 14.9 Å². The number of carbonyl (C=O) groups is 2. The quantitative estimate of drug-likeness (QED) is 0.772. The first kappa shape index (κ1) is 15.5. The number of nitrogens with zero attached hydrogens (tertiary/aromatic N) is 2. The first-order chi connectivity index (χ1) is 8.97. The van der Waals surface area contributed by atoms with E-state index in [9.17, 15) is 9.59 Å². The lowest BCUT2D eigenvalue weighted by molar-refractivity contribution is -0.139. The molecular formula is C11H17N3O4S. The van der Waals surface area contributed by atoms with E-state index in [1.54, 1.807) is 0 Å². The fraction of sp³-hybridized carbons (Fsp3) is 0.636. The summed E-state index contributed by atoms with van der Waals surface area (Å²) in [6.45, 7) is 4.05. The lowest BCUT2D eigenvalue weighted by Gasteiger charge is -2.13. The number of rotatable bonds is 7. The van der Waals surface area contributed by atoms with Crippen molar-refractivity contribution < 1.29 is 19.4 Å². The van der Waals surface area contributed by atoms with Crippen molar-refractivity contribution in [3.63, 3.8) is 0 Å². The minimum absolute atomic E-state index is 0.0572. The van der Waals surface area contributed by atoms with E-state index in [0.29, 0.717) is 10.6 Å². The van der Waals surface area contributed by atoms with Gasteiger partial charge < -0.3 is 15.2 Å². The summed E-state index contributed by atoms with van der Waals surface area (Å²) >= 11 is 0.966. The highest BCUT2D eigenvalue weighted by atomic mass is 32.1. The van der Waals surface area contributed by atoms with E-state index in [4.69, 9.17) is 9.84 Å². The van der Waals surface area contributed by atoms with E-state index in [1.807, 2.05) is 13.8 Å². The molecule has 0 aliphatic heterocycles. The lowest BCUT2D eigenvalue weighted by Crippen LogP contribution is -2.41. The molecule has 0 aromatic carbocycles. The molecule has 0 saturated carbocycles. The third-order valence-corrected chi connectivity index (χ3v) is 3.22. The van der Waals surface area contributed by atoms with Crippen molar-refractivity contribution in [2.45, 2.75) is 32.2 Å². The first-order valence-corrected chi connectivity index (χ1v) is 6.59. The van der Waals surface area contributed by atoms with Crippen molar-refractivity contribution in [3.05, 3.63) is 10.6 Å². The van der Waals surface area contributed by atoms with Crippen LogP contribution in [0.2, 0.25) is 0 Å². The topological polar surface area (TPSA) is 101 Å². The normalized spacial score (nSPS) is 12.4. The Morgan fingerprint density at radius 1 is 1.47 bits per heavy atom. The number of nitrogens with one attached hydrogen (secondary N) is 1. The number of hydrogen-bond acceptors (Lipinski definition) is 6. The van der Waals surface area contributed by atoms with Crippen LogP contribution in [-0.2, 0) is 9.53 Å². The molecule has 1 aromatic rings. The van der Waals surface area contributed by atoms with Crippen LogP contribution in [0.1, 0.15) is 41.6 Å². The summed E-state index contributed by atoms with van der Waals surface area (Å²) in [4.78, 5) is 23.4. The number of methoxy groups -OCH3 is 1. The highest BCUT2D eigenvalue weighted by molar-refractivity contribution is 7.08. The molecule has 0 aliphatic rings. The van der Waals surface area contributed by atoms with Crippen LogP contribution in [0.5, 0.6) is 0 Å². The molecular weight excluding hydrogens is 270 g/mol. The van der Waals surface area contributed by atoms with Gasteiger partial charge in [-0.2, -0.15) is 0 Å². The van der Waals surface area contributed by atoms with E-state index in [-0.39, 0.29) is 18.9 Å². The predicted octanol–water partition coefficient (Wildman–Crippen LogP) is 0.881. The number of aromatic nitrogens is 2. The van der Waals surface area contributed by atoms with Gasteiger partial charge in [0.05, 0.1) is 5.69 Å². The highest BCUT2D eigenvalue weighted by Crippen LogP contribution is 2.19. The Bertz CT molecular complexity index is 447. The van der Waals surface area contributed by atoms with Gasteiger partial charge in [-0.1, -0.05) is 18.3 Å². The summed E-state index contributed by atoms with van der Waals surface area (Å²) in [5, 5.41) is 15.4. The molecule has 2 N–H and O–H groups in total. The number of aliphatic carboxylic acids is 1. The Balaban J connectivity index is 2.76. The second kappa shape index (κ2) is 7.15. The fourth-order valence-electron chi connectivity index (χ4n) is 1.45. The van der Waals surface area contributed by atoms with Crippen molar-refractivity contribution >= 4 is 23.4 Å². The Labute approximate surface area is 115 Å². The second-order valence-corrected chi connectivity index (χ2v) is 5.04. The Morgan fingerprint density at radius 3 is 2.68 bits per heavy atom. The predicted molar refractivity (Wildman–Crippen MR) is 69.4 cm³/mol. The van der Waals surface area contributed by atoms with E-state index in [0.717, 1.165) is 11.5 Å². The molecule has 0 saturated heterocycles. The maximum absolute atomic E-state index is 12.0. The smallest absolute Gasteiger partial charge is 0.326 e. The van der Waals surface area contributed by atoms with Crippen LogP contribution < -0.4 is 5.32 Å². The number of ether oxygens (including phenoxy) is 1. The number of amides is 1. The Kier molecular flexibility index (Phi) is 5.84. The third kappa shape index (κ3) is 4.25. The van der Waals surface area contributed by atoms with Gasteiger partial charge >= 0.3 is 5.97 Å². The molecule has 106 valence electrons. The molecule has 1 unspecified atom stereocenters. The van der Waals surface area contributed by atoms with E-state index in [1.165, 1.54) is 7.11 Å². The Morgan fingerprint density at radius 2 is 2.16 bits per heavy atom. The molecule has 0 spiro atoms. The van der Waals surface area contributed by atoms with Crippen LogP contribution in [-0.4, -0.2) is 46.3 Å². The largest absolute Gasteiger partial charge is 0.480 e. The third-order valence-electron chi connectivity index (χ3n) is 2.48. The van der Waals surface area contributed by atoms with Gasteiger partial charge in [0.1, 0.15) is 10.9 Å². The monoisotopic (exact) mass is 287 g/mol. The average Bonchev–Trinajstić information content (AvgIpc) is 2.83. The van der Waals surface area contributed by atoms with Crippen LogP contribution in [0.15, 0.2) is 0 Å². The number of carboxylic acid groups (broad SMARTS) is 1. The SMILES string of the molecule is COCCC(NC(=O)c1snnc1C(C)C)C(=O)O. The van der Waals surface area contributed by atoms with Crippen LogP contribution in [0.3, 0.4) is 0 Å². The van der Waals surface area contributed by atoms with Gasteiger partial charge in [-0.15, -0.1) is 5.10 Å². The van der Waals surface area contributed by atoms with Gasteiger partial charge in [-0.25, -0.2) is 4.79 Å². The van der Waals surface area contributed by atoms with E-state index < -0.39 is 17.9 Å². The van der Waals surface area contributed by atoms with Gasteiger partial charge in [-0.05, 0) is 17.5 Å². The summed E-state index contributed by atoms with van der Waals surface area (Å²) in [6, 6.07) is -0.977. The summed E-state index contributed by atoms with van der Waals surface area (Å²) in [7, 11) is 1.48. The molecule has 0 aliphatic carbocycles. The maximum atomic E-state index is 12.0. The van der Waals surface area contributed by atoms with Crippen LogP contribution in [0.4, 0.5) is 0 Å². The molecule has 0 radical (unpaired) electrons. The zero-order valence-electron chi connectivity index (χ0n) is 11.0.